The van der Waals surface area contributed by atoms with Crippen molar-refractivity contribution in [1.29, 1.82) is 0 Å². The molecular formula is C9H19N3O. The highest BCUT2D eigenvalue weighted by Gasteiger charge is 2.34. The molecule has 0 bridgehead atoms. The summed E-state index contributed by atoms with van der Waals surface area (Å²) in [5.74, 6) is 0. The Hall–Kier alpha value is -0.160. The Morgan fingerprint density at radius 3 is 2.69 bits per heavy atom. The van der Waals surface area contributed by atoms with Crippen molar-refractivity contribution < 1.29 is 4.74 Å². The molecule has 2 aliphatic heterocycles. The van der Waals surface area contributed by atoms with E-state index >= 15 is 0 Å². The molecule has 2 heterocycles. The minimum absolute atomic E-state index is 0.249. The van der Waals surface area contributed by atoms with Crippen LogP contribution < -0.4 is 11.1 Å². The minimum Gasteiger partial charge on any atom is -0.378 e. The number of nitrogens with zero attached hydrogens (tertiary/aromatic N) is 1. The van der Waals surface area contributed by atoms with Crippen LogP contribution in [0, 0.1) is 0 Å². The topological polar surface area (TPSA) is 50.5 Å². The van der Waals surface area contributed by atoms with Crippen molar-refractivity contribution in [3.63, 3.8) is 0 Å². The quantitative estimate of drug-likeness (QED) is 0.600. The summed E-state index contributed by atoms with van der Waals surface area (Å²) in [6, 6.07) is 1.19. The van der Waals surface area contributed by atoms with Crippen LogP contribution >= 0.6 is 0 Å². The molecule has 0 aliphatic carbocycles. The van der Waals surface area contributed by atoms with E-state index in [4.69, 9.17) is 10.5 Å². The molecule has 0 aromatic heterocycles. The smallest absolute Gasteiger partial charge is 0.0645 e. The van der Waals surface area contributed by atoms with Gasteiger partial charge >= 0.3 is 0 Å². The molecule has 0 aromatic carbocycles. The van der Waals surface area contributed by atoms with E-state index in [1.165, 1.54) is 6.42 Å². The fourth-order valence-corrected chi connectivity index (χ4v) is 2.09. The molecule has 0 radical (unpaired) electrons. The van der Waals surface area contributed by atoms with Crippen molar-refractivity contribution in [2.75, 3.05) is 26.8 Å². The second kappa shape index (κ2) is 3.92. The van der Waals surface area contributed by atoms with Gasteiger partial charge in [0.1, 0.15) is 0 Å². The summed E-state index contributed by atoms with van der Waals surface area (Å²) < 4.78 is 5.19. The summed E-state index contributed by atoms with van der Waals surface area (Å²) >= 11 is 0. The first-order chi connectivity index (χ1) is 6.31. The van der Waals surface area contributed by atoms with E-state index in [0.29, 0.717) is 12.1 Å². The summed E-state index contributed by atoms with van der Waals surface area (Å²) in [7, 11) is 2.02. The first-order valence-corrected chi connectivity index (χ1v) is 5.07. The molecule has 4 nitrogen and oxygen atoms in total. The molecule has 0 aromatic rings. The van der Waals surface area contributed by atoms with Crippen LogP contribution in [0.1, 0.15) is 12.8 Å². The number of piperidine rings is 1. The first-order valence-electron chi connectivity index (χ1n) is 5.07. The van der Waals surface area contributed by atoms with Gasteiger partial charge < -0.3 is 15.8 Å². The number of rotatable bonds is 2. The lowest BCUT2D eigenvalue weighted by molar-refractivity contribution is -0.0898. The third kappa shape index (κ3) is 1.86. The molecule has 2 fully saturated rings. The number of ether oxygens (including phenoxy) is 1. The van der Waals surface area contributed by atoms with Gasteiger partial charge in [-0.2, -0.15) is 0 Å². The van der Waals surface area contributed by atoms with Crippen molar-refractivity contribution in [2.45, 2.75) is 31.1 Å². The molecule has 2 unspecified atom stereocenters. The van der Waals surface area contributed by atoms with Crippen LogP contribution in [0.15, 0.2) is 0 Å². The molecule has 0 amide bonds. The molecule has 76 valence electrons. The average molecular weight is 185 g/mol. The van der Waals surface area contributed by atoms with Gasteiger partial charge in [0.25, 0.3) is 0 Å². The van der Waals surface area contributed by atoms with Crippen molar-refractivity contribution in [3.05, 3.63) is 0 Å². The van der Waals surface area contributed by atoms with Gasteiger partial charge in [0.2, 0.25) is 0 Å². The maximum atomic E-state index is 6.05. The van der Waals surface area contributed by atoms with Gasteiger partial charge in [0.15, 0.2) is 0 Å². The van der Waals surface area contributed by atoms with Crippen LogP contribution in [-0.2, 0) is 4.74 Å². The third-order valence-electron chi connectivity index (χ3n) is 3.17. The van der Waals surface area contributed by atoms with Crippen LogP contribution in [0.3, 0.4) is 0 Å². The van der Waals surface area contributed by atoms with E-state index < -0.39 is 0 Å². The zero-order valence-corrected chi connectivity index (χ0v) is 8.20. The monoisotopic (exact) mass is 185 g/mol. The largest absolute Gasteiger partial charge is 0.378 e. The molecule has 2 atom stereocenters. The van der Waals surface area contributed by atoms with Crippen LogP contribution in [0.25, 0.3) is 0 Å². The molecular weight excluding hydrogens is 166 g/mol. The molecule has 3 N–H and O–H groups in total. The van der Waals surface area contributed by atoms with Gasteiger partial charge in [-0.1, -0.05) is 0 Å². The highest BCUT2D eigenvalue weighted by molar-refractivity contribution is 4.88. The fourth-order valence-electron chi connectivity index (χ4n) is 2.09. The van der Waals surface area contributed by atoms with E-state index in [1.807, 2.05) is 7.05 Å². The molecule has 2 aliphatic rings. The Balaban J connectivity index is 1.90. The number of hydrogen-bond donors (Lipinski definition) is 2. The van der Waals surface area contributed by atoms with E-state index in [1.54, 1.807) is 0 Å². The van der Waals surface area contributed by atoms with Crippen LogP contribution in [0.5, 0.6) is 0 Å². The predicted octanol–water partition coefficient (Wildman–Crippen LogP) is -0.646. The van der Waals surface area contributed by atoms with Crippen LogP contribution in [-0.4, -0.2) is 50.0 Å². The summed E-state index contributed by atoms with van der Waals surface area (Å²) in [4.78, 5) is 2.38. The van der Waals surface area contributed by atoms with E-state index in [9.17, 15) is 0 Å². The summed E-state index contributed by atoms with van der Waals surface area (Å²) in [5, 5.41) is 3.32. The normalized spacial score (nSPS) is 37.4. The van der Waals surface area contributed by atoms with Gasteiger partial charge in [-0.05, 0) is 19.9 Å². The lowest BCUT2D eigenvalue weighted by Crippen LogP contribution is -2.62. The predicted molar refractivity (Wildman–Crippen MR) is 51.4 cm³/mol. The SMILES string of the molecule is CNC1CCC(N)N(C2COC2)C1. The van der Waals surface area contributed by atoms with Gasteiger partial charge in [-0.15, -0.1) is 0 Å². The van der Waals surface area contributed by atoms with Gasteiger partial charge in [0.05, 0.1) is 25.4 Å². The van der Waals surface area contributed by atoms with Crippen molar-refractivity contribution in [2.24, 2.45) is 5.73 Å². The van der Waals surface area contributed by atoms with Crippen molar-refractivity contribution in [1.82, 2.24) is 10.2 Å². The van der Waals surface area contributed by atoms with E-state index in [2.05, 4.69) is 10.2 Å². The summed E-state index contributed by atoms with van der Waals surface area (Å²) in [5.41, 5.74) is 6.05. The molecule has 0 spiro atoms. The Morgan fingerprint density at radius 1 is 1.38 bits per heavy atom. The first kappa shape index (κ1) is 9.40. The van der Waals surface area contributed by atoms with Gasteiger partial charge in [-0.3, -0.25) is 4.90 Å². The highest BCUT2D eigenvalue weighted by atomic mass is 16.5. The zero-order chi connectivity index (χ0) is 9.26. The Morgan fingerprint density at radius 2 is 2.15 bits per heavy atom. The van der Waals surface area contributed by atoms with Crippen molar-refractivity contribution >= 4 is 0 Å². The average Bonchev–Trinajstić information content (AvgIpc) is 2.06. The molecule has 2 saturated heterocycles. The number of hydrogen-bond acceptors (Lipinski definition) is 4. The maximum Gasteiger partial charge on any atom is 0.0645 e. The second-order valence-corrected chi connectivity index (χ2v) is 4.02. The Kier molecular flexibility index (Phi) is 2.83. The number of likely N-dealkylation sites (tertiary alicyclic amines) is 1. The lowest BCUT2D eigenvalue weighted by atomic mass is 10.0. The second-order valence-electron chi connectivity index (χ2n) is 4.02. The minimum atomic E-state index is 0.249. The standard InChI is InChI=1S/C9H19N3O/c1-11-7-2-3-9(10)12(4-7)8-5-13-6-8/h7-9,11H,2-6,10H2,1H3. The summed E-state index contributed by atoms with van der Waals surface area (Å²) in [6.45, 7) is 2.81. The van der Waals surface area contributed by atoms with Gasteiger partial charge in [-0.25, -0.2) is 0 Å². The summed E-state index contributed by atoms with van der Waals surface area (Å²) in [6.07, 6.45) is 2.54. The number of likely N-dealkylation sites (N-methyl/N-ethyl adjacent to an activating group) is 1. The molecule has 2 rings (SSSR count). The number of nitrogens with one attached hydrogen (secondary N) is 1. The Labute approximate surface area is 79.4 Å². The molecule has 0 saturated carbocycles. The van der Waals surface area contributed by atoms with E-state index in [-0.39, 0.29) is 6.17 Å². The fraction of sp³-hybridized carbons (Fsp3) is 1.00. The third-order valence-corrected chi connectivity index (χ3v) is 3.17. The van der Waals surface area contributed by atoms with Gasteiger partial charge in [0, 0.05) is 12.6 Å². The molecule has 4 heteroatoms. The van der Waals surface area contributed by atoms with Crippen LogP contribution in [0.2, 0.25) is 0 Å². The number of nitrogens with two attached hydrogens (primary N) is 1. The van der Waals surface area contributed by atoms with Crippen molar-refractivity contribution in [3.8, 4) is 0 Å². The highest BCUT2D eigenvalue weighted by Crippen LogP contribution is 2.20. The lowest BCUT2D eigenvalue weighted by Gasteiger charge is -2.45. The maximum absolute atomic E-state index is 6.05. The Bertz CT molecular complexity index is 170. The zero-order valence-electron chi connectivity index (χ0n) is 8.20. The molecule has 13 heavy (non-hydrogen) atoms. The van der Waals surface area contributed by atoms with Crippen LogP contribution in [0.4, 0.5) is 0 Å². The van der Waals surface area contributed by atoms with E-state index in [0.717, 1.165) is 26.2 Å².